The van der Waals surface area contributed by atoms with Crippen LogP contribution >= 0.6 is 23.1 Å². The SMILES string of the molecule is CCNc1nnc(SCc2c(C)cc(C)cc2C)s1. The van der Waals surface area contributed by atoms with Gasteiger partial charge >= 0.3 is 0 Å². The first-order valence-corrected chi connectivity index (χ1v) is 8.17. The molecule has 1 heterocycles. The van der Waals surface area contributed by atoms with E-state index in [1.54, 1.807) is 23.1 Å². The summed E-state index contributed by atoms with van der Waals surface area (Å²) >= 11 is 3.38. The number of thioether (sulfide) groups is 1. The number of rotatable bonds is 5. The van der Waals surface area contributed by atoms with Crippen LogP contribution in [0.3, 0.4) is 0 Å². The Balaban J connectivity index is 2.05. The molecule has 1 aromatic carbocycles. The van der Waals surface area contributed by atoms with Gasteiger partial charge in [0.25, 0.3) is 0 Å². The molecule has 0 amide bonds. The Morgan fingerprint density at radius 1 is 1.16 bits per heavy atom. The van der Waals surface area contributed by atoms with Crippen LogP contribution in [0.15, 0.2) is 16.5 Å². The normalized spacial score (nSPS) is 10.7. The average molecular weight is 293 g/mol. The summed E-state index contributed by atoms with van der Waals surface area (Å²) in [5, 5.41) is 12.4. The smallest absolute Gasteiger partial charge is 0.206 e. The van der Waals surface area contributed by atoms with E-state index >= 15 is 0 Å². The molecule has 1 aromatic heterocycles. The van der Waals surface area contributed by atoms with Crippen LogP contribution in [0.4, 0.5) is 5.13 Å². The molecule has 2 rings (SSSR count). The summed E-state index contributed by atoms with van der Waals surface area (Å²) in [7, 11) is 0. The summed E-state index contributed by atoms with van der Waals surface area (Å²) in [5.41, 5.74) is 5.47. The molecule has 0 fully saturated rings. The summed E-state index contributed by atoms with van der Waals surface area (Å²) in [6.07, 6.45) is 0. The quantitative estimate of drug-likeness (QED) is 0.839. The van der Waals surface area contributed by atoms with Crippen LogP contribution in [-0.2, 0) is 5.75 Å². The number of hydrogen-bond donors (Lipinski definition) is 1. The Morgan fingerprint density at radius 3 is 2.47 bits per heavy atom. The first-order chi connectivity index (χ1) is 9.10. The van der Waals surface area contributed by atoms with Crippen LogP contribution in [0.25, 0.3) is 0 Å². The highest BCUT2D eigenvalue weighted by Crippen LogP contribution is 2.30. The van der Waals surface area contributed by atoms with Gasteiger partial charge in [0, 0.05) is 12.3 Å². The van der Waals surface area contributed by atoms with E-state index in [-0.39, 0.29) is 0 Å². The number of nitrogens with one attached hydrogen (secondary N) is 1. The number of aromatic nitrogens is 2. The largest absolute Gasteiger partial charge is 0.360 e. The van der Waals surface area contributed by atoms with Crippen molar-refractivity contribution in [2.24, 2.45) is 0 Å². The number of aryl methyl sites for hydroxylation is 3. The van der Waals surface area contributed by atoms with E-state index in [0.29, 0.717) is 0 Å². The van der Waals surface area contributed by atoms with Crippen molar-refractivity contribution in [2.45, 2.75) is 37.8 Å². The Labute approximate surface area is 122 Å². The lowest BCUT2D eigenvalue weighted by Gasteiger charge is -2.09. The molecule has 19 heavy (non-hydrogen) atoms. The van der Waals surface area contributed by atoms with Crippen LogP contribution in [0.1, 0.15) is 29.2 Å². The number of benzene rings is 1. The van der Waals surface area contributed by atoms with E-state index in [4.69, 9.17) is 0 Å². The van der Waals surface area contributed by atoms with Crippen LogP contribution < -0.4 is 5.32 Å². The van der Waals surface area contributed by atoms with Gasteiger partial charge in [-0.15, -0.1) is 10.2 Å². The fourth-order valence-electron chi connectivity index (χ4n) is 2.06. The van der Waals surface area contributed by atoms with Crippen molar-refractivity contribution in [3.05, 3.63) is 34.4 Å². The highest BCUT2D eigenvalue weighted by molar-refractivity contribution is 8.00. The molecule has 0 atom stereocenters. The molecule has 0 aliphatic heterocycles. The molecule has 1 N–H and O–H groups in total. The highest BCUT2D eigenvalue weighted by atomic mass is 32.2. The van der Waals surface area contributed by atoms with Crippen molar-refractivity contribution in [3.63, 3.8) is 0 Å². The molecular weight excluding hydrogens is 274 g/mol. The Bertz CT molecular complexity index is 541. The van der Waals surface area contributed by atoms with Gasteiger partial charge in [0.05, 0.1) is 0 Å². The summed E-state index contributed by atoms with van der Waals surface area (Å²) in [4.78, 5) is 0. The minimum Gasteiger partial charge on any atom is -0.360 e. The fourth-order valence-corrected chi connectivity index (χ4v) is 4.08. The van der Waals surface area contributed by atoms with Gasteiger partial charge < -0.3 is 5.32 Å². The van der Waals surface area contributed by atoms with Gasteiger partial charge in [-0.1, -0.05) is 40.8 Å². The van der Waals surface area contributed by atoms with Crippen molar-refractivity contribution < 1.29 is 0 Å². The molecule has 0 bridgehead atoms. The molecule has 0 aliphatic carbocycles. The van der Waals surface area contributed by atoms with Crippen LogP contribution in [0.5, 0.6) is 0 Å². The topological polar surface area (TPSA) is 37.8 Å². The van der Waals surface area contributed by atoms with E-state index in [9.17, 15) is 0 Å². The number of anilines is 1. The molecule has 5 heteroatoms. The molecular formula is C14H19N3S2. The van der Waals surface area contributed by atoms with Gasteiger partial charge in [-0.3, -0.25) is 0 Å². The second kappa shape index (κ2) is 6.39. The molecule has 3 nitrogen and oxygen atoms in total. The van der Waals surface area contributed by atoms with E-state index in [1.807, 2.05) is 0 Å². The first kappa shape index (κ1) is 14.3. The zero-order valence-electron chi connectivity index (χ0n) is 11.8. The molecule has 0 radical (unpaired) electrons. The molecule has 2 aromatic rings. The summed E-state index contributed by atoms with van der Waals surface area (Å²) in [5.74, 6) is 0.957. The summed E-state index contributed by atoms with van der Waals surface area (Å²) in [6, 6.07) is 4.49. The molecule has 102 valence electrons. The van der Waals surface area contributed by atoms with E-state index in [2.05, 4.69) is 55.3 Å². The van der Waals surface area contributed by atoms with E-state index < -0.39 is 0 Å². The predicted octanol–water partition coefficient (Wildman–Crippen LogP) is 4.19. The minimum atomic E-state index is 0.884. The van der Waals surface area contributed by atoms with Gasteiger partial charge in [-0.25, -0.2) is 0 Å². The molecule has 0 aliphatic rings. The average Bonchev–Trinajstić information content (AvgIpc) is 2.76. The lowest BCUT2D eigenvalue weighted by molar-refractivity contribution is 1.00. The number of nitrogens with zero attached hydrogens (tertiary/aromatic N) is 2. The monoisotopic (exact) mass is 293 g/mol. The van der Waals surface area contributed by atoms with Crippen molar-refractivity contribution in [1.82, 2.24) is 10.2 Å². The zero-order chi connectivity index (χ0) is 13.8. The van der Waals surface area contributed by atoms with Gasteiger partial charge in [-0.2, -0.15) is 0 Å². The third-order valence-corrected chi connectivity index (χ3v) is 4.96. The molecule has 0 saturated heterocycles. The lowest BCUT2D eigenvalue weighted by atomic mass is 10.0. The molecule has 0 saturated carbocycles. The zero-order valence-corrected chi connectivity index (χ0v) is 13.4. The van der Waals surface area contributed by atoms with Crippen LogP contribution in [0, 0.1) is 20.8 Å². The maximum Gasteiger partial charge on any atom is 0.206 e. The van der Waals surface area contributed by atoms with Gasteiger partial charge in [0.15, 0.2) is 4.34 Å². The number of hydrogen-bond acceptors (Lipinski definition) is 5. The standard InChI is InChI=1S/C14H19N3S2/c1-5-15-13-16-17-14(19-13)18-8-12-10(3)6-9(2)7-11(12)4/h6-7H,5,8H2,1-4H3,(H,15,16). The van der Waals surface area contributed by atoms with Crippen molar-refractivity contribution in [3.8, 4) is 0 Å². The summed E-state index contributed by atoms with van der Waals surface area (Å²) < 4.78 is 1.02. The maximum absolute atomic E-state index is 4.20. The second-order valence-corrected chi connectivity index (χ2v) is 6.77. The van der Waals surface area contributed by atoms with Gasteiger partial charge in [0.2, 0.25) is 5.13 Å². The van der Waals surface area contributed by atoms with Gasteiger partial charge in [-0.05, 0) is 44.4 Å². The Kier molecular flexibility index (Phi) is 4.82. The van der Waals surface area contributed by atoms with Crippen LogP contribution in [-0.4, -0.2) is 16.7 Å². The van der Waals surface area contributed by atoms with Gasteiger partial charge in [0.1, 0.15) is 0 Å². The lowest BCUT2D eigenvalue weighted by Crippen LogP contribution is -1.94. The van der Waals surface area contributed by atoms with Crippen molar-refractivity contribution >= 4 is 28.2 Å². The Hall–Kier alpha value is -1.07. The molecule has 0 spiro atoms. The fraction of sp³-hybridized carbons (Fsp3) is 0.429. The second-order valence-electron chi connectivity index (χ2n) is 4.57. The predicted molar refractivity (Wildman–Crippen MR) is 84.3 cm³/mol. The third-order valence-electron chi connectivity index (χ3n) is 2.91. The minimum absolute atomic E-state index is 0.884. The maximum atomic E-state index is 4.20. The van der Waals surface area contributed by atoms with Crippen molar-refractivity contribution in [1.29, 1.82) is 0 Å². The third kappa shape index (κ3) is 3.70. The van der Waals surface area contributed by atoms with Crippen LogP contribution in [0.2, 0.25) is 0 Å². The molecule has 0 unspecified atom stereocenters. The Morgan fingerprint density at radius 2 is 1.84 bits per heavy atom. The summed E-state index contributed by atoms with van der Waals surface area (Å²) in [6.45, 7) is 9.45. The highest BCUT2D eigenvalue weighted by Gasteiger charge is 2.08. The van der Waals surface area contributed by atoms with Crippen molar-refractivity contribution in [2.75, 3.05) is 11.9 Å². The first-order valence-electron chi connectivity index (χ1n) is 6.37. The van der Waals surface area contributed by atoms with E-state index in [0.717, 1.165) is 21.8 Å². The van der Waals surface area contributed by atoms with E-state index in [1.165, 1.54) is 22.3 Å².